The van der Waals surface area contributed by atoms with Crippen molar-refractivity contribution >= 4 is 45.6 Å². The van der Waals surface area contributed by atoms with Crippen LogP contribution in [0, 0.1) is 0 Å². The van der Waals surface area contributed by atoms with Crippen LogP contribution in [-0.4, -0.2) is 15.9 Å². The Morgan fingerprint density at radius 2 is 1.62 bits per heavy atom. The molecule has 0 unspecified atom stereocenters. The number of hydrogen-bond acceptors (Lipinski definition) is 3. The zero-order valence-corrected chi connectivity index (χ0v) is 12.2. The molecule has 3 rings (SSSR count). The van der Waals surface area contributed by atoms with Crippen molar-refractivity contribution in [3.63, 3.8) is 0 Å². The molecule has 21 heavy (non-hydrogen) atoms. The van der Waals surface area contributed by atoms with Crippen molar-refractivity contribution in [1.29, 1.82) is 0 Å². The number of aromatic nitrogens is 2. The number of rotatable bonds is 2. The fourth-order valence-corrected chi connectivity index (χ4v) is 2.46. The van der Waals surface area contributed by atoms with Crippen LogP contribution in [0.4, 0.5) is 5.69 Å². The van der Waals surface area contributed by atoms with E-state index in [0.29, 0.717) is 5.56 Å². The lowest BCUT2D eigenvalue weighted by atomic mass is 10.0. The van der Waals surface area contributed by atoms with Crippen LogP contribution < -0.4 is 5.32 Å². The van der Waals surface area contributed by atoms with Crippen LogP contribution in [0.1, 0.15) is 10.4 Å². The van der Waals surface area contributed by atoms with Gasteiger partial charge >= 0.3 is 0 Å². The predicted molar refractivity (Wildman–Crippen MR) is 84.0 cm³/mol. The van der Waals surface area contributed by atoms with E-state index >= 15 is 0 Å². The maximum absolute atomic E-state index is 12.4. The molecule has 2 aromatic carbocycles. The summed E-state index contributed by atoms with van der Waals surface area (Å²) in [6.45, 7) is 0. The third-order valence-electron chi connectivity index (χ3n) is 3.03. The monoisotopic (exact) mass is 317 g/mol. The molecule has 104 valence electrons. The Labute approximate surface area is 130 Å². The van der Waals surface area contributed by atoms with E-state index in [-0.39, 0.29) is 21.9 Å². The molecule has 0 spiro atoms. The van der Waals surface area contributed by atoms with Crippen molar-refractivity contribution in [2.45, 2.75) is 0 Å². The summed E-state index contributed by atoms with van der Waals surface area (Å²) in [6, 6.07) is 13.1. The Balaban J connectivity index is 2.02. The minimum atomic E-state index is -0.314. The Kier molecular flexibility index (Phi) is 3.73. The molecular weight excluding hydrogens is 309 g/mol. The first-order chi connectivity index (χ1) is 10.2. The van der Waals surface area contributed by atoms with Crippen LogP contribution in [0.3, 0.4) is 0 Å². The van der Waals surface area contributed by atoms with Crippen molar-refractivity contribution < 1.29 is 4.79 Å². The Bertz CT molecular complexity index is 811. The lowest BCUT2D eigenvalue weighted by molar-refractivity contribution is 0.102. The number of fused-ring (bicyclic) bond motifs is 1. The minimum absolute atomic E-state index is 0.101. The highest BCUT2D eigenvalue weighted by Crippen LogP contribution is 2.27. The summed E-state index contributed by atoms with van der Waals surface area (Å²) < 4.78 is 0. The molecule has 6 heteroatoms. The molecule has 0 radical (unpaired) electrons. The summed E-state index contributed by atoms with van der Waals surface area (Å²) in [5.41, 5.74) is 0.739. The molecule has 0 aliphatic heterocycles. The molecule has 1 heterocycles. The largest absolute Gasteiger partial charge is 0.317 e. The van der Waals surface area contributed by atoms with Gasteiger partial charge in [0.25, 0.3) is 5.91 Å². The molecule has 0 aliphatic carbocycles. The molecule has 0 aliphatic rings. The van der Waals surface area contributed by atoms with Gasteiger partial charge in [-0.2, -0.15) is 0 Å². The summed E-state index contributed by atoms with van der Waals surface area (Å²) in [6.07, 6.45) is 1.23. The van der Waals surface area contributed by atoms with Crippen molar-refractivity contribution in [1.82, 2.24) is 9.97 Å². The number of anilines is 1. The number of carbonyl (C=O) groups excluding carboxylic acids is 1. The SMILES string of the molecule is O=C(Nc1c(Cl)ncnc1Cl)c1cccc2ccccc12. The second-order valence-corrected chi connectivity index (χ2v) is 5.03. The number of benzene rings is 2. The van der Waals surface area contributed by atoms with Gasteiger partial charge in [-0.05, 0) is 16.8 Å². The van der Waals surface area contributed by atoms with E-state index in [0.717, 1.165) is 10.8 Å². The summed E-state index contributed by atoms with van der Waals surface area (Å²) >= 11 is 11.9. The van der Waals surface area contributed by atoms with E-state index in [1.54, 1.807) is 6.07 Å². The number of halogens is 2. The van der Waals surface area contributed by atoms with Crippen molar-refractivity contribution in [3.8, 4) is 0 Å². The molecule has 4 nitrogen and oxygen atoms in total. The molecule has 0 bridgehead atoms. The fourth-order valence-electron chi connectivity index (χ4n) is 2.05. The smallest absolute Gasteiger partial charge is 0.256 e. The summed E-state index contributed by atoms with van der Waals surface area (Å²) in [7, 11) is 0. The highest BCUT2D eigenvalue weighted by Gasteiger charge is 2.15. The zero-order chi connectivity index (χ0) is 14.8. The second-order valence-electron chi connectivity index (χ2n) is 4.31. The van der Waals surface area contributed by atoms with E-state index in [4.69, 9.17) is 23.2 Å². The number of carbonyl (C=O) groups is 1. The third-order valence-corrected chi connectivity index (χ3v) is 3.60. The van der Waals surface area contributed by atoms with Crippen LogP contribution in [0.15, 0.2) is 48.8 Å². The van der Waals surface area contributed by atoms with E-state index in [1.165, 1.54) is 6.33 Å². The van der Waals surface area contributed by atoms with Gasteiger partial charge in [-0.1, -0.05) is 59.6 Å². The number of amides is 1. The molecule has 0 fully saturated rings. The quantitative estimate of drug-likeness (QED) is 0.721. The highest BCUT2D eigenvalue weighted by molar-refractivity contribution is 6.38. The standard InChI is InChI=1S/C15H9Cl2N3O/c16-13-12(14(17)19-8-18-13)20-15(21)11-7-3-5-9-4-1-2-6-10(9)11/h1-8H,(H,20,21). The van der Waals surface area contributed by atoms with Crippen molar-refractivity contribution in [2.24, 2.45) is 0 Å². The second kappa shape index (κ2) is 5.68. The predicted octanol–water partition coefficient (Wildman–Crippen LogP) is 4.19. The van der Waals surface area contributed by atoms with Crippen LogP contribution in [0.2, 0.25) is 10.3 Å². The summed E-state index contributed by atoms with van der Waals surface area (Å²) in [5, 5.41) is 4.69. The first-order valence-electron chi connectivity index (χ1n) is 6.12. The first kappa shape index (κ1) is 13.8. The Hall–Kier alpha value is -2.17. The van der Waals surface area contributed by atoms with Gasteiger partial charge in [0.1, 0.15) is 12.0 Å². The molecule has 3 aromatic rings. The molecule has 1 N–H and O–H groups in total. The number of nitrogens with one attached hydrogen (secondary N) is 1. The van der Waals surface area contributed by atoms with Crippen molar-refractivity contribution in [3.05, 3.63) is 64.7 Å². The molecular formula is C15H9Cl2N3O. The minimum Gasteiger partial charge on any atom is -0.317 e. The zero-order valence-electron chi connectivity index (χ0n) is 10.7. The molecule has 1 amide bonds. The van der Waals surface area contributed by atoms with Gasteiger partial charge in [0.15, 0.2) is 10.3 Å². The molecule has 0 atom stereocenters. The Morgan fingerprint density at radius 1 is 0.952 bits per heavy atom. The van der Waals surface area contributed by atoms with Gasteiger partial charge in [0, 0.05) is 5.56 Å². The normalized spacial score (nSPS) is 10.6. The van der Waals surface area contributed by atoms with Gasteiger partial charge in [0.05, 0.1) is 0 Å². The van der Waals surface area contributed by atoms with E-state index < -0.39 is 0 Å². The van der Waals surface area contributed by atoms with E-state index in [1.807, 2.05) is 36.4 Å². The third kappa shape index (κ3) is 2.68. The average Bonchev–Trinajstić information content (AvgIpc) is 2.50. The molecule has 0 saturated carbocycles. The maximum Gasteiger partial charge on any atom is 0.256 e. The summed E-state index contributed by atoms with van der Waals surface area (Å²) in [5.74, 6) is -0.314. The lowest BCUT2D eigenvalue weighted by Gasteiger charge is -2.09. The molecule has 0 saturated heterocycles. The highest BCUT2D eigenvalue weighted by atomic mass is 35.5. The van der Waals surface area contributed by atoms with Crippen molar-refractivity contribution in [2.75, 3.05) is 5.32 Å². The number of nitrogens with zero attached hydrogens (tertiary/aromatic N) is 2. The summed E-state index contributed by atoms with van der Waals surface area (Å²) in [4.78, 5) is 20.1. The van der Waals surface area contributed by atoms with Crippen LogP contribution >= 0.6 is 23.2 Å². The number of hydrogen-bond donors (Lipinski definition) is 1. The van der Waals surface area contributed by atoms with E-state index in [9.17, 15) is 4.79 Å². The van der Waals surface area contributed by atoms with Gasteiger partial charge in [-0.3, -0.25) is 4.79 Å². The maximum atomic E-state index is 12.4. The van der Waals surface area contributed by atoms with Gasteiger partial charge < -0.3 is 5.32 Å². The van der Waals surface area contributed by atoms with Gasteiger partial charge in [-0.25, -0.2) is 9.97 Å². The molecule has 1 aromatic heterocycles. The lowest BCUT2D eigenvalue weighted by Crippen LogP contribution is -2.13. The van der Waals surface area contributed by atoms with Gasteiger partial charge in [-0.15, -0.1) is 0 Å². The van der Waals surface area contributed by atoms with E-state index in [2.05, 4.69) is 15.3 Å². The van der Waals surface area contributed by atoms with Crippen LogP contribution in [-0.2, 0) is 0 Å². The topological polar surface area (TPSA) is 54.9 Å². The Morgan fingerprint density at radius 3 is 2.38 bits per heavy atom. The fraction of sp³-hybridized carbons (Fsp3) is 0. The first-order valence-corrected chi connectivity index (χ1v) is 6.87. The van der Waals surface area contributed by atoms with Crippen LogP contribution in [0.25, 0.3) is 10.8 Å². The van der Waals surface area contributed by atoms with Gasteiger partial charge in [0.2, 0.25) is 0 Å². The van der Waals surface area contributed by atoms with Crippen LogP contribution in [0.5, 0.6) is 0 Å². The average molecular weight is 318 g/mol.